The second kappa shape index (κ2) is 9.69. The highest BCUT2D eigenvalue weighted by atomic mass is 16.5. The van der Waals surface area contributed by atoms with Gasteiger partial charge in [0.25, 0.3) is 0 Å². The van der Waals surface area contributed by atoms with Gasteiger partial charge in [-0.3, -0.25) is 15.1 Å². The predicted molar refractivity (Wildman–Crippen MR) is 106 cm³/mol. The van der Waals surface area contributed by atoms with Gasteiger partial charge >= 0.3 is 0 Å². The zero-order chi connectivity index (χ0) is 19.1. The average Bonchev–Trinajstić information content (AvgIpc) is 2.72. The summed E-state index contributed by atoms with van der Waals surface area (Å²) in [5.41, 5.74) is 3.46. The average molecular weight is 371 g/mol. The lowest BCUT2D eigenvalue weighted by atomic mass is 9.96. The van der Waals surface area contributed by atoms with Crippen LogP contribution in [0.2, 0.25) is 0 Å². The van der Waals surface area contributed by atoms with E-state index in [2.05, 4.69) is 34.6 Å². The third-order valence-electron chi connectivity index (χ3n) is 5.09. The van der Waals surface area contributed by atoms with Gasteiger partial charge in [0.2, 0.25) is 5.91 Å². The molecule has 0 spiro atoms. The number of nitrogens with two attached hydrogens (primary N) is 1. The molecule has 0 bridgehead atoms. The molecule has 1 saturated heterocycles. The van der Waals surface area contributed by atoms with Crippen molar-refractivity contribution in [3.63, 3.8) is 0 Å². The Kier molecular flexibility index (Phi) is 7.04. The SMILES string of the molecule is CCOCCOc1ccc2ccccc2c1CN1CCCC(C(=O)NN)C1. The first-order valence-corrected chi connectivity index (χ1v) is 9.67. The molecule has 0 aromatic heterocycles. The standard InChI is InChI=1S/C21H29N3O3/c1-2-26-12-13-27-20-10-9-16-6-3-4-8-18(16)19(20)15-24-11-5-7-17(14-24)21(25)23-22/h3-4,6,8-10,17H,2,5,7,11-15,22H2,1H3,(H,23,25). The van der Waals surface area contributed by atoms with Crippen LogP contribution in [0.5, 0.6) is 5.75 Å². The van der Waals surface area contributed by atoms with Crippen LogP contribution in [0.25, 0.3) is 10.8 Å². The number of hydrazine groups is 1. The predicted octanol–water partition coefficient (Wildman–Crippen LogP) is 2.46. The molecule has 3 N–H and O–H groups in total. The number of carbonyl (C=O) groups is 1. The third-order valence-corrected chi connectivity index (χ3v) is 5.09. The van der Waals surface area contributed by atoms with Crippen LogP contribution < -0.4 is 16.0 Å². The van der Waals surface area contributed by atoms with Crippen molar-refractivity contribution >= 4 is 16.7 Å². The molecule has 1 aliphatic heterocycles. The quantitative estimate of drug-likeness (QED) is 0.323. The number of rotatable bonds is 8. The Bertz CT molecular complexity index is 765. The number of benzene rings is 2. The summed E-state index contributed by atoms with van der Waals surface area (Å²) in [4.78, 5) is 14.3. The molecule has 1 aliphatic rings. The Morgan fingerprint density at radius 3 is 2.93 bits per heavy atom. The molecule has 1 amide bonds. The van der Waals surface area contributed by atoms with E-state index in [0.717, 1.165) is 31.7 Å². The minimum Gasteiger partial charge on any atom is -0.491 e. The molecule has 146 valence electrons. The van der Waals surface area contributed by atoms with Gasteiger partial charge in [-0.15, -0.1) is 0 Å². The van der Waals surface area contributed by atoms with Gasteiger partial charge in [-0.2, -0.15) is 0 Å². The monoisotopic (exact) mass is 371 g/mol. The first-order valence-electron chi connectivity index (χ1n) is 9.67. The highest BCUT2D eigenvalue weighted by Gasteiger charge is 2.26. The van der Waals surface area contributed by atoms with Gasteiger partial charge in [-0.25, -0.2) is 5.84 Å². The Hall–Kier alpha value is -2.15. The third kappa shape index (κ3) is 4.97. The summed E-state index contributed by atoms with van der Waals surface area (Å²) >= 11 is 0. The molecule has 2 aromatic carbocycles. The first-order chi connectivity index (χ1) is 13.2. The van der Waals surface area contributed by atoms with Gasteiger partial charge in [0.1, 0.15) is 12.4 Å². The summed E-state index contributed by atoms with van der Waals surface area (Å²) in [6.45, 7) is 6.20. The van der Waals surface area contributed by atoms with Crippen LogP contribution in [0, 0.1) is 5.92 Å². The first kappa shape index (κ1) is 19.6. The van der Waals surface area contributed by atoms with Crippen molar-refractivity contribution in [3.8, 4) is 5.75 Å². The highest BCUT2D eigenvalue weighted by Crippen LogP contribution is 2.31. The van der Waals surface area contributed by atoms with Gasteiger partial charge in [-0.1, -0.05) is 30.3 Å². The second-order valence-corrected chi connectivity index (χ2v) is 6.89. The van der Waals surface area contributed by atoms with Crippen molar-refractivity contribution in [2.75, 3.05) is 32.9 Å². The highest BCUT2D eigenvalue weighted by molar-refractivity contribution is 5.87. The van der Waals surface area contributed by atoms with E-state index in [1.807, 2.05) is 19.1 Å². The fourth-order valence-electron chi connectivity index (χ4n) is 3.72. The number of nitrogens with one attached hydrogen (secondary N) is 1. The summed E-state index contributed by atoms with van der Waals surface area (Å²) in [6, 6.07) is 12.5. The normalized spacial score (nSPS) is 17.8. The molecule has 1 heterocycles. The van der Waals surface area contributed by atoms with Crippen LogP contribution in [0.15, 0.2) is 36.4 Å². The maximum absolute atomic E-state index is 11.9. The van der Waals surface area contributed by atoms with E-state index in [9.17, 15) is 4.79 Å². The number of nitrogens with zero attached hydrogens (tertiary/aromatic N) is 1. The molecule has 0 radical (unpaired) electrons. The van der Waals surface area contributed by atoms with Gasteiger partial charge in [-0.05, 0) is 43.1 Å². The fourth-order valence-corrected chi connectivity index (χ4v) is 3.72. The van der Waals surface area contributed by atoms with Crippen molar-refractivity contribution in [2.24, 2.45) is 11.8 Å². The maximum Gasteiger partial charge on any atom is 0.238 e. The van der Waals surface area contributed by atoms with Crippen LogP contribution >= 0.6 is 0 Å². The minimum atomic E-state index is -0.0780. The summed E-state index contributed by atoms with van der Waals surface area (Å²) in [5, 5.41) is 2.38. The number of hydrogen-bond acceptors (Lipinski definition) is 5. The number of ether oxygens (including phenoxy) is 2. The Morgan fingerprint density at radius 1 is 1.26 bits per heavy atom. The van der Waals surface area contributed by atoms with Crippen molar-refractivity contribution in [3.05, 3.63) is 42.0 Å². The molecular weight excluding hydrogens is 342 g/mol. The zero-order valence-corrected chi connectivity index (χ0v) is 15.9. The molecule has 1 atom stereocenters. The lowest BCUT2D eigenvalue weighted by Gasteiger charge is -2.32. The summed E-state index contributed by atoms with van der Waals surface area (Å²) in [6.07, 6.45) is 1.87. The largest absolute Gasteiger partial charge is 0.491 e. The fraction of sp³-hybridized carbons (Fsp3) is 0.476. The van der Waals surface area contributed by atoms with E-state index in [-0.39, 0.29) is 11.8 Å². The lowest BCUT2D eigenvalue weighted by Crippen LogP contribution is -2.44. The number of likely N-dealkylation sites (tertiary alicyclic amines) is 1. The van der Waals surface area contributed by atoms with Gasteiger partial charge in [0.05, 0.1) is 12.5 Å². The van der Waals surface area contributed by atoms with Crippen LogP contribution in [0.4, 0.5) is 0 Å². The molecule has 1 unspecified atom stereocenters. The van der Waals surface area contributed by atoms with E-state index >= 15 is 0 Å². The van der Waals surface area contributed by atoms with E-state index in [1.165, 1.54) is 16.3 Å². The molecule has 6 heteroatoms. The van der Waals surface area contributed by atoms with Crippen molar-refractivity contribution in [1.82, 2.24) is 10.3 Å². The van der Waals surface area contributed by atoms with Crippen LogP contribution in [-0.4, -0.2) is 43.7 Å². The number of hydrogen-bond donors (Lipinski definition) is 2. The summed E-state index contributed by atoms with van der Waals surface area (Å²) < 4.78 is 11.4. The molecular formula is C21H29N3O3. The van der Waals surface area contributed by atoms with Gasteiger partial charge in [0, 0.05) is 25.3 Å². The van der Waals surface area contributed by atoms with Crippen molar-refractivity contribution in [1.29, 1.82) is 0 Å². The topological polar surface area (TPSA) is 76.8 Å². The number of carbonyl (C=O) groups excluding carboxylic acids is 1. The van der Waals surface area contributed by atoms with E-state index in [0.29, 0.717) is 26.4 Å². The van der Waals surface area contributed by atoms with Gasteiger partial charge in [0.15, 0.2) is 0 Å². The van der Waals surface area contributed by atoms with Gasteiger partial charge < -0.3 is 9.47 Å². The van der Waals surface area contributed by atoms with E-state index in [1.54, 1.807) is 0 Å². The summed E-state index contributed by atoms with van der Waals surface area (Å²) in [5.74, 6) is 6.08. The molecule has 0 saturated carbocycles. The number of fused-ring (bicyclic) bond motifs is 1. The Balaban J connectivity index is 1.81. The molecule has 6 nitrogen and oxygen atoms in total. The molecule has 1 fully saturated rings. The minimum absolute atomic E-state index is 0.0546. The number of amides is 1. The zero-order valence-electron chi connectivity index (χ0n) is 15.9. The lowest BCUT2D eigenvalue weighted by molar-refractivity contribution is -0.126. The molecule has 3 rings (SSSR count). The van der Waals surface area contributed by atoms with E-state index in [4.69, 9.17) is 15.3 Å². The summed E-state index contributed by atoms with van der Waals surface area (Å²) in [7, 11) is 0. The smallest absolute Gasteiger partial charge is 0.238 e. The number of piperidine rings is 1. The van der Waals surface area contributed by atoms with Crippen LogP contribution in [0.3, 0.4) is 0 Å². The van der Waals surface area contributed by atoms with Crippen LogP contribution in [0.1, 0.15) is 25.3 Å². The molecule has 27 heavy (non-hydrogen) atoms. The molecule has 0 aliphatic carbocycles. The van der Waals surface area contributed by atoms with Crippen molar-refractivity contribution in [2.45, 2.75) is 26.3 Å². The second-order valence-electron chi connectivity index (χ2n) is 6.89. The Morgan fingerprint density at radius 2 is 2.11 bits per heavy atom. The van der Waals surface area contributed by atoms with E-state index < -0.39 is 0 Å². The molecule has 2 aromatic rings. The Labute approximate surface area is 160 Å². The van der Waals surface area contributed by atoms with Crippen molar-refractivity contribution < 1.29 is 14.3 Å². The van der Waals surface area contributed by atoms with Crippen LogP contribution in [-0.2, 0) is 16.1 Å². The maximum atomic E-state index is 11.9.